The molecule has 0 aliphatic heterocycles. The van der Waals surface area contributed by atoms with E-state index >= 15 is 0 Å². The summed E-state index contributed by atoms with van der Waals surface area (Å²) in [7, 11) is 0. The number of pyridine rings is 1. The maximum Gasteiger partial charge on any atom is 0.402 e. The number of hydrogen-bond donors (Lipinski definition) is 3. The van der Waals surface area contributed by atoms with Crippen molar-refractivity contribution in [2.45, 2.75) is 6.92 Å². The van der Waals surface area contributed by atoms with Crippen molar-refractivity contribution in [2.75, 3.05) is 0 Å². The number of rotatable bonds is 1. The first-order chi connectivity index (χ1) is 5.00. The van der Waals surface area contributed by atoms with Gasteiger partial charge in [-0.3, -0.25) is 4.98 Å². The van der Waals surface area contributed by atoms with Crippen LogP contribution in [0.2, 0.25) is 0 Å². The van der Waals surface area contributed by atoms with Crippen molar-refractivity contribution >= 4 is 12.2 Å². The molecule has 0 radical (unpaired) electrons. The molecule has 0 amide bonds. The molecule has 0 unspecified atom stereocenters. The van der Waals surface area contributed by atoms with E-state index in [1.807, 2.05) is 0 Å². The first-order valence-electron chi connectivity index (χ1n) is 3.24. The molecule has 0 fully saturated rings. The van der Waals surface area contributed by atoms with Gasteiger partial charge in [0.25, 0.3) is 0 Å². The molecule has 0 saturated heterocycles. The van der Waals surface area contributed by atoms with Gasteiger partial charge >= 0.3 is 6.75 Å². The van der Waals surface area contributed by atoms with Crippen molar-refractivity contribution in [2.24, 2.45) is 0 Å². The fourth-order valence-electron chi connectivity index (χ4n) is 0.808. The maximum absolute atomic E-state index is 8.76. The Kier molecular flexibility index (Phi) is 1.95. The molecule has 1 aromatic rings. The Hall–Kier alpha value is -0.905. The summed E-state index contributed by atoms with van der Waals surface area (Å²) < 4.78 is 0. The van der Waals surface area contributed by atoms with Gasteiger partial charge in [-0.1, -0.05) is 12.1 Å². The molecular formula is C6H9BNO3-. The van der Waals surface area contributed by atoms with E-state index in [4.69, 9.17) is 15.1 Å². The smallest absolute Gasteiger partial charge is 0.402 e. The lowest BCUT2D eigenvalue weighted by Crippen LogP contribution is -2.48. The van der Waals surface area contributed by atoms with E-state index in [1.165, 1.54) is 18.3 Å². The molecular weight excluding hydrogens is 145 g/mol. The van der Waals surface area contributed by atoms with Crippen LogP contribution < -0.4 is 5.46 Å². The van der Waals surface area contributed by atoms with Crippen LogP contribution in [0.4, 0.5) is 0 Å². The fraction of sp³-hybridized carbons (Fsp3) is 0.167. The summed E-state index contributed by atoms with van der Waals surface area (Å²) in [5, 5.41) is 26.3. The highest BCUT2D eigenvalue weighted by Gasteiger charge is 2.17. The van der Waals surface area contributed by atoms with Gasteiger partial charge in [0.1, 0.15) is 0 Å². The summed E-state index contributed by atoms with van der Waals surface area (Å²) in [6.07, 6.45) is 1.41. The lowest BCUT2D eigenvalue weighted by Gasteiger charge is -2.20. The van der Waals surface area contributed by atoms with Gasteiger partial charge in [-0.05, 0) is 6.92 Å². The molecule has 0 aliphatic carbocycles. The molecule has 60 valence electrons. The third kappa shape index (κ3) is 2.01. The largest absolute Gasteiger partial charge is 0.556 e. The Morgan fingerprint density at radius 3 is 2.36 bits per heavy atom. The van der Waals surface area contributed by atoms with Crippen LogP contribution in [0.15, 0.2) is 18.3 Å². The number of hydrogen-bond acceptors (Lipinski definition) is 4. The molecule has 0 bridgehead atoms. The predicted molar refractivity (Wildman–Crippen MR) is 41.0 cm³/mol. The minimum Gasteiger partial charge on any atom is -0.556 e. The summed E-state index contributed by atoms with van der Waals surface area (Å²) in [5.74, 6) is 0. The van der Waals surface area contributed by atoms with Crippen LogP contribution in [-0.4, -0.2) is 26.8 Å². The molecule has 1 aromatic heterocycles. The van der Waals surface area contributed by atoms with Crippen LogP contribution in [0.1, 0.15) is 5.69 Å². The molecule has 0 saturated carbocycles. The van der Waals surface area contributed by atoms with E-state index in [1.54, 1.807) is 6.92 Å². The molecule has 11 heavy (non-hydrogen) atoms. The van der Waals surface area contributed by atoms with E-state index < -0.39 is 6.75 Å². The van der Waals surface area contributed by atoms with E-state index in [0.717, 1.165) is 0 Å². The van der Waals surface area contributed by atoms with Gasteiger partial charge in [0.2, 0.25) is 0 Å². The Labute approximate surface area is 64.2 Å². The van der Waals surface area contributed by atoms with Gasteiger partial charge in [0, 0.05) is 11.9 Å². The molecule has 4 nitrogen and oxygen atoms in total. The topological polar surface area (TPSA) is 73.6 Å². The van der Waals surface area contributed by atoms with Crippen LogP contribution in [0.25, 0.3) is 0 Å². The van der Waals surface area contributed by atoms with Gasteiger partial charge in [-0.2, -0.15) is 0 Å². The molecule has 3 N–H and O–H groups in total. The Balaban J connectivity index is 3.06. The zero-order valence-electron chi connectivity index (χ0n) is 6.10. The first-order valence-corrected chi connectivity index (χ1v) is 3.24. The second kappa shape index (κ2) is 2.62. The van der Waals surface area contributed by atoms with Gasteiger partial charge in [-0.15, -0.1) is 5.46 Å². The molecule has 0 spiro atoms. The van der Waals surface area contributed by atoms with Crippen molar-refractivity contribution in [3.8, 4) is 0 Å². The van der Waals surface area contributed by atoms with Crippen LogP contribution in [0.5, 0.6) is 0 Å². The third-order valence-corrected chi connectivity index (χ3v) is 1.37. The van der Waals surface area contributed by atoms with Crippen LogP contribution in [-0.2, 0) is 0 Å². The number of aryl methyl sites for hydroxylation is 1. The highest BCUT2D eigenvalue weighted by atomic mass is 16.5. The molecule has 5 heteroatoms. The van der Waals surface area contributed by atoms with Crippen LogP contribution >= 0.6 is 0 Å². The maximum atomic E-state index is 8.76. The molecule has 1 heterocycles. The van der Waals surface area contributed by atoms with Gasteiger partial charge < -0.3 is 15.1 Å². The van der Waals surface area contributed by atoms with Gasteiger partial charge in [0.15, 0.2) is 0 Å². The molecule has 1 rings (SSSR count). The zero-order valence-corrected chi connectivity index (χ0v) is 6.10. The average Bonchev–Trinajstić information content (AvgIpc) is 1.86. The minimum atomic E-state index is -3.36. The highest BCUT2D eigenvalue weighted by Crippen LogP contribution is 1.92. The Morgan fingerprint density at radius 2 is 2.00 bits per heavy atom. The van der Waals surface area contributed by atoms with Crippen molar-refractivity contribution in [1.29, 1.82) is 0 Å². The standard InChI is InChI=1S/C6H9BNO3/c1-5-4-6(2-3-8-5)7(9,10)11/h2-4,9-11H,1H3/q-1. The van der Waals surface area contributed by atoms with Crippen molar-refractivity contribution in [3.05, 3.63) is 24.0 Å². The Morgan fingerprint density at radius 1 is 1.36 bits per heavy atom. The van der Waals surface area contributed by atoms with E-state index in [0.29, 0.717) is 5.69 Å². The van der Waals surface area contributed by atoms with Crippen LogP contribution in [0.3, 0.4) is 0 Å². The average molecular weight is 154 g/mol. The van der Waals surface area contributed by atoms with Crippen molar-refractivity contribution < 1.29 is 15.1 Å². The summed E-state index contributed by atoms with van der Waals surface area (Å²) >= 11 is 0. The second-order valence-corrected chi connectivity index (χ2v) is 2.46. The third-order valence-electron chi connectivity index (χ3n) is 1.37. The molecule has 0 aliphatic rings. The summed E-state index contributed by atoms with van der Waals surface area (Å²) in [6.45, 7) is -1.66. The fourth-order valence-corrected chi connectivity index (χ4v) is 0.808. The molecule has 0 aromatic carbocycles. The van der Waals surface area contributed by atoms with E-state index in [9.17, 15) is 0 Å². The SMILES string of the molecule is Cc1cc([B-](O)(O)O)ccn1. The summed E-state index contributed by atoms with van der Waals surface area (Å²) in [6, 6.07) is 2.77. The van der Waals surface area contributed by atoms with Crippen molar-refractivity contribution in [3.63, 3.8) is 0 Å². The number of nitrogens with zero attached hydrogens (tertiary/aromatic N) is 1. The second-order valence-electron chi connectivity index (χ2n) is 2.46. The lowest BCUT2D eigenvalue weighted by molar-refractivity contribution is 0.249. The van der Waals surface area contributed by atoms with Crippen molar-refractivity contribution in [1.82, 2.24) is 4.98 Å². The lowest BCUT2D eigenvalue weighted by atomic mass is 9.71. The zero-order chi connectivity index (χ0) is 8.48. The Bertz CT molecular complexity index is 258. The first kappa shape index (κ1) is 8.19. The number of aromatic nitrogens is 1. The van der Waals surface area contributed by atoms with E-state index in [-0.39, 0.29) is 5.46 Å². The summed E-state index contributed by atoms with van der Waals surface area (Å²) in [5.41, 5.74) is 0.711. The van der Waals surface area contributed by atoms with E-state index in [2.05, 4.69) is 4.98 Å². The van der Waals surface area contributed by atoms with Crippen LogP contribution in [0, 0.1) is 6.92 Å². The quantitative estimate of drug-likeness (QED) is 0.431. The summed E-state index contributed by atoms with van der Waals surface area (Å²) in [4.78, 5) is 3.83. The van der Waals surface area contributed by atoms with Gasteiger partial charge in [0.05, 0.1) is 0 Å². The monoisotopic (exact) mass is 154 g/mol. The normalized spacial score (nSPS) is 11.6. The van der Waals surface area contributed by atoms with Gasteiger partial charge in [-0.25, -0.2) is 0 Å². The minimum absolute atomic E-state index is 0.0810. The molecule has 0 atom stereocenters. The highest BCUT2D eigenvalue weighted by molar-refractivity contribution is 6.71. The predicted octanol–water partition coefficient (Wildman–Crippen LogP) is -1.49.